The van der Waals surface area contributed by atoms with Crippen molar-refractivity contribution in [1.29, 1.82) is 0 Å². The lowest BCUT2D eigenvalue weighted by molar-refractivity contribution is -0.384. The number of nitrogens with one attached hydrogen (secondary N) is 1. The first-order valence-corrected chi connectivity index (χ1v) is 17.6. The molecule has 3 aromatic rings. The number of amides is 2. The molecule has 1 aromatic heterocycles. The van der Waals surface area contributed by atoms with Crippen LogP contribution in [0, 0.1) is 10.1 Å². The Morgan fingerprint density at radius 2 is 1.65 bits per heavy atom. The second kappa shape index (κ2) is 13.7. The first-order valence-electron chi connectivity index (χ1n) is 17.6. The van der Waals surface area contributed by atoms with Crippen LogP contribution in [-0.4, -0.2) is 68.8 Å². The molecule has 3 heterocycles. The molecule has 1 fully saturated rings. The summed E-state index contributed by atoms with van der Waals surface area (Å²) in [5.41, 5.74) is 2.97. The van der Waals surface area contributed by atoms with Gasteiger partial charge in [-0.3, -0.25) is 10.1 Å². The molecular formula is C38H46N6O8. The van der Waals surface area contributed by atoms with Crippen LogP contribution < -0.4 is 10.2 Å². The summed E-state index contributed by atoms with van der Waals surface area (Å²) in [6.45, 7) is 14.9. The number of nitro benzene ring substituents is 1. The fourth-order valence-corrected chi connectivity index (χ4v) is 7.48. The Balaban J connectivity index is 1.32. The number of rotatable bonds is 6. The van der Waals surface area contributed by atoms with Crippen molar-refractivity contribution in [2.75, 3.05) is 24.5 Å². The number of nitro groups is 1. The molecule has 1 N–H and O–H groups in total. The van der Waals surface area contributed by atoms with Gasteiger partial charge < -0.3 is 29.3 Å². The van der Waals surface area contributed by atoms with Crippen LogP contribution in [0.1, 0.15) is 112 Å². The molecular weight excluding hydrogens is 668 g/mol. The second-order valence-corrected chi connectivity index (χ2v) is 15.8. The predicted molar refractivity (Wildman–Crippen MR) is 192 cm³/mol. The number of non-ortho nitro benzene ring substituents is 1. The summed E-state index contributed by atoms with van der Waals surface area (Å²) >= 11 is 0. The van der Waals surface area contributed by atoms with Crippen LogP contribution >= 0.6 is 0 Å². The summed E-state index contributed by atoms with van der Waals surface area (Å²) < 4.78 is 17.2. The average molecular weight is 715 g/mol. The van der Waals surface area contributed by atoms with Gasteiger partial charge in [-0.1, -0.05) is 19.1 Å². The highest BCUT2D eigenvalue weighted by atomic mass is 16.6. The molecule has 14 heteroatoms. The highest BCUT2D eigenvalue weighted by molar-refractivity contribution is 5.90. The van der Waals surface area contributed by atoms with E-state index in [1.54, 1.807) is 4.90 Å². The summed E-state index contributed by atoms with van der Waals surface area (Å²) in [5, 5.41) is 14.0. The van der Waals surface area contributed by atoms with E-state index in [1.165, 1.54) is 30.6 Å². The van der Waals surface area contributed by atoms with Gasteiger partial charge in [0.05, 0.1) is 16.2 Å². The second-order valence-electron chi connectivity index (χ2n) is 15.8. The van der Waals surface area contributed by atoms with E-state index in [4.69, 9.17) is 19.2 Å². The quantitative estimate of drug-likeness (QED) is 0.118. The number of fused-ring (bicyclic) bond motifs is 3. The van der Waals surface area contributed by atoms with Gasteiger partial charge in [0.15, 0.2) is 0 Å². The molecule has 52 heavy (non-hydrogen) atoms. The molecule has 6 rings (SSSR count). The standard InChI is InChI=1S/C38H46N6O8/c1-23-19-28(50-33(45)24-11-13-26(14-12-24)44(48)49)31-29(23)32(41-22-40-31)43-21-38(15-17-42(18-16-38)35(47)52-37(5,6)7)30-25(9-8-10-27(30)43)20-39-34(46)51-36(2,3)4/h8-14,22-23,28H,15-21H2,1-7H3,(H,39,46)/t23-,28-/m1/s1. The lowest BCUT2D eigenvalue weighted by atomic mass is 9.72. The van der Waals surface area contributed by atoms with Crippen LogP contribution in [0.15, 0.2) is 48.8 Å². The van der Waals surface area contributed by atoms with Crippen molar-refractivity contribution in [2.24, 2.45) is 0 Å². The van der Waals surface area contributed by atoms with Gasteiger partial charge in [0.25, 0.3) is 5.69 Å². The third-order valence-corrected chi connectivity index (χ3v) is 9.68. The normalized spacial score (nSPS) is 19.1. The Morgan fingerprint density at radius 3 is 2.29 bits per heavy atom. The number of carbonyl (C=O) groups is 3. The van der Waals surface area contributed by atoms with Gasteiger partial charge in [0.1, 0.15) is 29.5 Å². The molecule has 2 atom stereocenters. The number of piperidine rings is 1. The number of esters is 1. The predicted octanol–water partition coefficient (Wildman–Crippen LogP) is 7.24. The fraction of sp³-hybridized carbons (Fsp3) is 0.500. The van der Waals surface area contributed by atoms with E-state index in [1.807, 2.05) is 53.7 Å². The van der Waals surface area contributed by atoms with Gasteiger partial charge in [-0.05, 0) is 96.0 Å². The number of likely N-dealkylation sites (tertiary alicyclic amines) is 1. The first kappa shape index (κ1) is 36.5. The number of aromatic nitrogens is 2. The zero-order valence-corrected chi connectivity index (χ0v) is 30.7. The Morgan fingerprint density at radius 1 is 0.981 bits per heavy atom. The third kappa shape index (κ3) is 7.51. The number of hydrogen-bond donors (Lipinski definition) is 1. The number of benzene rings is 2. The van der Waals surface area contributed by atoms with Gasteiger partial charge >= 0.3 is 18.2 Å². The molecule has 0 radical (unpaired) electrons. The van der Waals surface area contributed by atoms with Crippen LogP contribution in [0.5, 0.6) is 0 Å². The van der Waals surface area contributed by atoms with Crippen molar-refractivity contribution in [3.05, 3.63) is 86.9 Å². The first-order chi connectivity index (χ1) is 24.4. The van der Waals surface area contributed by atoms with Gasteiger partial charge in [0.2, 0.25) is 0 Å². The summed E-state index contributed by atoms with van der Waals surface area (Å²) in [6, 6.07) is 11.4. The monoisotopic (exact) mass is 714 g/mol. The lowest BCUT2D eigenvalue weighted by Crippen LogP contribution is -2.48. The molecule has 2 amide bonds. The number of anilines is 2. The van der Waals surface area contributed by atoms with E-state index in [2.05, 4.69) is 28.2 Å². The van der Waals surface area contributed by atoms with E-state index in [0.717, 1.165) is 28.2 Å². The molecule has 1 spiro atoms. The van der Waals surface area contributed by atoms with Gasteiger partial charge in [-0.25, -0.2) is 24.4 Å². The summed E-state index contributed by atoms with van der Waals surface area (Å²) in [5.74, 6) is 0.0766. The topological polar surface area (TPSA) is 166 Å². The van der Waals surface area contributed by atoms with Crippen molar-refractivity contribution in [3.63, 3.8) is 0 Å². The SMILES string of the molecule is C[C@@H]1C[C@@H](OC(=O)c2ccc([N+](=O)[O-])cc2)c2ncnc(N3CC4(CCN(C(=O)OC(C)(C)C)CC4)c4c(CNC(=O)OC(C)(C)C)cccc43)c21. The molecule has 0 saturated carbocycles. The van der Waals surface area contributed by atoms with Gasteiger partial charge in [-0.15, -0.1) is 0 Å². The molecule has 276 valence electrons. The third-order valence-electron chi connectivity index (χ3n) is 9.68. The number of nitrogens with zero attached hydrogens (tertiary/aromatic N) is 5. The minimum atomic E-state index is -0.645. The van der Waals surface area contributed by atoms with Crippen molar-refractivity contribution in [2.45, 2.75) is 103 Å². The van der Waals surface area contributed by atoms with Crippen LogP contribution in [0.4, 0.5) is 26.8 Å². The molecule has 1 aliphatic carbocycles. The Labute approximate surface area is 303 Å². The van der Waals surface area contributed by atoms with Crippen LogP contribution in [0.3, 0.4) is 0 Å². The van der Waals surface area contributed by atoms with Crippen molar-refractivity contribution in [1.82, 2.24) is 20.2 Å². The van der Waals surface area contributed by atoms with E-state index in [-0.39, 0.29) is 35.2 Å². The molecule has 0 bridgehead atoms. The minimum Gasteiger partial charge on any atom is -0.452 e. The molecule has 0 unspecified atom stereocenters. The zero-order chi connectivity index (χ0) is 37.6. The van der Waals surface area contributed by atoms with Crippen LogP contribution in [-0.2, 0) is 26.2 Å². The van der Waals surface area contributed by atoms with E-state index in [9.17, 15) is 24.5 Å². The average Bonchev–Trinajstić information content (AvgIpc) is 3.56. The largest absolute Gasteiger partial charge is 0.452 e. The highest BCUT2D eigenvalue weighted by Gasteiger charge is 2.49. The number of alkyl carbamates (subject to hydrolysis) is 1. The lowest BCUT2D eigenvalue weighted by Gasteiger charge is -2.41. The fourth-order valence-electron chi connectivity index (χ4n) is 7.48. The van der Waals surface area contributed by atoms with E-state index < -0.39 is 34.3 Å². The maximum atomic E-state index is 13.2. The Bertz CT molecular complexity index is 1880. The molecule has 2 aromatic carbocycles. The van der Waals surface area contributed by atoms with Gasteiger partial charge in [0, 0.05) is 55.0 Å². The zero-order valence-electron chi connectivity index (χ0n) is 30.7. The van der Waals surface area contributed by atoms with Crippen LogP contribution in [0.25, 0.3) is 0 Å². The molecule has 1 saturated heterocycles. The summed E-state index contributed by atoms with van der Waals surface area (Å²) in [6.07, 6.45) is 1.83. The van der Waals surface area contributed by atoms with Crippen molar-refractivity contribution < 1.29 is 33.5 Å². The van der Waals surface area contributed by atoms with Crippen molar-refractivity contribution >= 4 is 35.3 Å². The Hall–Kier alpha value is -5.27. The maximum Gasteiger partial charge on any atom is 0.410 e. The minimum absolute atomic E-state index is 0.0492. The van der Waals surface area contributed by atoms with Gasteiger partial charge in [-0.2, -0.15) is 0 Å². The summed E-state index contributed by atoms with van der Waals surface area (Å²) in [4.78, 5) is 62.9. The number of hydrogen-bond acceptors (Lipinski definition) is 11. The molecule has 3 aliphatic rings. The smallest absolute Gasteiger partial charge is 0.410 e. The van der Waals surface area contributed by atoms with E-state index in [0.29, 0.717) is 44.6 Å². The maximum absolute atomic E-state index is 13.2. The number of ether oxygens (including phenoxy) is 3. The molecule has 2 aliphatic heterocycles. The van der Waals surface area contributed by atoms with E-state index >= 15 is 0 Å². The number of carbonyl (C=O) groups excluding carboxylic acids is 3. The highest BCUT2D eigenvalue weighted by Crippen LogP contribution is 2.54. The molecule has 14 nitrogen and oxygen atoms in total. The van der Waals surface area contributed by atoms with Crippen molar-refractivity contribution in [3.8, 4) is 0 Å². The Kier molecular flexibility index (Phi) is 9.62. The summed E-state index contributed by atoms with van der Waals surface area (Å²) in [7, 11) is 0. The van der Waals surface area contributed by atoms with Crippen LogP contribution in [0.2, 0.25) is 0 Å².